The molecule has 2 aromatic carbocycles. The molecule has 0 N–H and O–H groups in total. The van der Waals surface area contributed by atoms with Crippen molar-refractivity contribution in [1.29, 1.82) is 0 Å². The zero-order valence-electron chi connectivity index (χ0n) is 12.8. The monoisotopic (exact) mass is 408 g/mol. The molecule has 0 atom stereocenters. The van der Waals surface area contributed by atoms with Gasteiger partial charge in [-0.2, -0.15) is 0 Å². The van der Waals surface area contributed by atoms with Crippen LogP contribution in [0.3, 0.4) is 0 Å². The van der Waals surface area contributed by atoms with Gasteiger partial charge in [-0.15, -0.1) is 0 Å². The Hall–Kier alpha value is -1.69. The third kappa shape index (κ3) is 3.74. The SMILES string of the molecule is Cc1cc(C)c(C(=O)COC(=O)c2ccccc2I)c(C)c1. The largest absolute Gasteiger partial charge is 0.454 e. The highest BCUT2D eigenvalue weighted by atomic mass is 127. The summed E-state index contributed by atoms with van der Waals surface area (Å²) in [6, 6.07) is 11.1. The molecular formula is C18H17IO3. The van der Waals surface area contributed by atoms with Crippen LogP contribution in [-0.2, 0) is 4.74 Å². The molecular weight excluding hydrogens is 391 g/mol. The highest BCUT2D eigenvalue weighted by Gasteiger charge is 2.17. The van der Waals surface area contributed by atoms with E-state index in [9.17, 15) is 9.59 Å². The normalized spacial score (nSPS) is 10.4. The third-order valence-electron chi connectivity index (χ3n) is 3.38. The zero-order valence-corrected chi connectivity index (χ0v) is 14.9. The van der Waals surface area contributed by atoms with Gasteiger partial charge in [0.1, 0.15) is 0 Å². The molecule has 0 saturated heterocycles. The second kappa shape index (κ2) is 7.05. The fraction of sp³-hybridized carbons (Fsp3) is 0.222. The van der Waals surface area contributed by atoms with Gasteiger partial charge in [-0.05, 0) is 66.6 Å². The molecule has 0 aliphatic carbocycles. The van der Waals surface area contributed by atoms with Crippen molar-refractivity contribution in [2.45, 2.75) is 20.8 Å². The number of hydrogen-bond donors (Lipinski definition) is 0. The number of ether oxygens (including phenoxy) is 1. The Morgan fingerprint density at radius 1 is 1.05 bits per heavy atom. The maximum absolute atomic E-state index is 12.3. The number of carbonyl (C=O) groups is 2. The first kappa shape index (κ1) is 16.7. The molecule has 0 aliphatic rings. The standard InChI is InChI=1S/C18H17IO3/c1-11-8-12(2)17(13(3)9-11)16(20)10-22-18(21)14-6-4-5-7-15(14)19/h4-9H,10H2,1-3H3. The first-order valence-corrected chi connectivity index (χ1v) is 8.00. The van der Waals surface area contributed by atoms with E-state index < -0.39 is 5.97 Å². The lowest BCUT2D eigenvalue weighted by atomic mass is 9.97. The van der Waals surface area contributed by atoms with E-state index in [-0.39, 0.29) is 12.4 Å². The van der Waals surface area contributed by atoms with Crippen molar-refractivity contribution >= 4 is 34.3 Å². The van der Waals surface area contributed by atoms with Crippen LogP contribution < -0.4 is 0 Å². The molecule has 0 saturated carbocycles. The quantitative estimate of drug-likeness (QED) is 0.432. The predicted octanol–water partition coefficient (Wildman–Crippen LogP) is 4.26. The van der Waals surface area contributed by atoms with E-state index in [1.807, 2.05) is 45.0 Å². The van der Waals surface area contributed by atoms with Crippen molar-refractivity contribution in [2.75, 3.05) is 6.61 Å². The predicted molar refractivity (Wildman–Crippen MR) is 94.4 cm³/mol. The summed E-state index contributed by atoms with van der Waals surface area (Å²) in [7, 11) is 0. The molecule has 0 aromatic heterocycles. The fourth-order valence-electron chi connectivity index (χ4n) is 2.53. The van der Waals surface area contributed by atoms with E-state index in [1.54, 1.807) is 12.1 Å². The summed E-state index contributed by atoms with van der Waals surface area (Å²) in [6.45, 7) is 5.55. The molecule has 114 valence electrons. The zero-order chi connectivity index (χ0) is 16.3. The molecule has 0 amide bonds. The minimum atomic E-state index is -0.472. The van der Waals surface area contributed by atoms with Crippen LogP contribution in [0.1, 0.15) is 37.4 Å². The van der Waals surface area contributed by atoms with Crippen molar-refractivity contribution in [3.8, 4) is 0 Å². The van der Waals surface area contributed by atoms with Crippen LogP contribution in [0, 0.1) is 24.3 Å². The van der Waals surface area contributed by atoms with Crippen LogP contribution in [0.15, 0.2) is 36.4 Å². The molecule has 0 bridgehead atoms. The number of esters is 1. The van der Waals surface area contributed by atoms with E-state index in [4.69, 9.17) is 4.74 Å². The van der Waals surface area contributed by atoms with Crippen LogP contribution in [0.5, 0.6) is 0 Å². The summed E-state index contributed by atoms with van der Waals surface area (Å²) >= 11 is 2.07. The molecule has 0 aliphatic heterocycles. The van der Waals surface area contributed by atoms with Crippen LogP contribution in [-0.4, -0.2) is 18.4 Å². The fourth-order valence-corrected chi connectivity index (χ4v) is 3.14. The van der Waals surface area contributed by atoms with Gasteiger partial charge in [-0.1, -0.05) is 29.8 Å². The molecule has 0 unspecified atom stereocenters. The van der Waals surface area contributed by atoms with Gasteiger partial charge in [-0.25, -0.2) is 4.79 Å². The van der Waals surface area contributed by atoms with Crippen LogP contribution in [0.4, 0.5) is 0 Å². The maximum atomic E-state index is 12.3. The third-order valence-corrected chi connectivity index (χ3v) is 4.32. The molecule has 0 heterocycles. The van der Waals surface area contributed by atoms with Gasteiger partial charge >= 0.3 is 5.97 Å². The van der Waals surface area contributed by atoms with E-state index in [0.717, 1.165) is 20.3 Å². The lowest BCUT2D eigenvalue weighted by molar-refractivity contribution is 0.0473. The van der Waals surface area contributed by atoms with Crippen molar-refractivity contribution in [3.05, 3.63) is 67.8 Å². The number of halogens is 1. The number of ketones is 1. The minimum absolute atomic E-state index is 0.172. The summed E-state index contributed by atoms with van der Waals surface area (Å²) < 4.78 is 5.98. The minimum Gasteiger partial charge on any atom is -0.454 e. The highest BCUT2D eigenvalue weighted by Crippen LogP contribution is 2.18. The average molecular weight is 408 g/mol. The lowest BCUT2D eigenvalue weighted by Crippen LogP contribution is -2.17. The molecule has 2 aromatic rings. The Labute approximate surface area is 143 Å². The van der Waals surface area contributed by atoms with Gasteiger partial charge in [0.05, 0.1) is 5.56 Å². The van der Waals surface area contributed by atoms with E-state index in [0.29, 0.717) is 11.1 Å². The van der Waals surface area contributed by atoms with Crippen LogP contribution >= 0.6 is 22.6 Å². The Morgan fingerprint density at radius 2 is 1.64 bits per heavy atom. The maximum Gasteiger partial charge on any atom is 0.339 e. The molecule has 22 heavy (non-hydrogen) atoms. The van der Waals surface area contributed by atoms with Gasteiger partial charge in [-0.3, -0.25) is 4.79 Å². The summed E-state index contributed by atoms with van der Waals surface area (Å²) in [6.07, 6.45) is 0. The van der Waals surface area contributed by atoms with Gasteiger partial charge in [0, 0.05) is 9.13 Å². The summed E-state index contributed by atoms with van der Waals surface area (Å²) in [4.78, 5) is 24.4. The smallest absolute Gasteiger partial charge is 0.339 e. The van der Waals surface area contributed by atoms with Gasteiger partial charge < -0.3 is 4.74 Å². The Morgan fingerprint density at radius 3 is 2.23 bits per heavy atom. The van der Waals surface area contributed by atoms with Crippen molar-refractivity contribution in [2.24, 2.45) is 0 Å². The molecule has 0 radical (unpaired) electrons. The lowest BCUT2D eigenvalue weighted by Gasteiger charge is -2.11. The van der Waals surface area contributed by atoms with Gasteiger partial charge in [0.2, 0.25) is 5.78 Å². The van der Waals surface area contributed by atoms with Gasteiger partial charge in [0.15, 0.2) is 6.61 Å². The number of aryl methyl sites for hydroxylation is 3. The molecule has 0 fully saturated rings. The number of Topliss-reactive ketones (excluding diaryl/α,β-unsaturated/α-hetero) is 1. The van der Waals surface area contributed by atoms with E-state index in [2.05, 4.69) is 22.6 Å². The summed E-state index contributed by atoms with van der Waals surface area (Å²) in [5.41, 5.74) is 4.05. The second-order valence-electron chi connectivity index (χ2n) is 5.25. The number of benzene rings is 2. The summed E-state index contributed by atoms with van der Waals surface area (Å²) in [5.74, 6) is -0.643. The van der Waals surface area contributed by atoms with Crippen molar-refractivity contribution < 1.29 is 14.3 Å². The van der Waals surface area contributed by atoms with Crippen LogP contribution in [0.2, 0.25) is 0 Å². The number of rotatable bonds is 4. The first-order valence-electron chi connectivity index (χ1n) is 6.93. The molecule has 2 rings (SSSR count). The Bertz CT molecular complexity index is 712. The molecule has 0 spiro atoms. The first-order chi connectivity index (χ1) is 10.4. The Kier molecular flexibility index (Phi) is 5.34. The Balaban J connectivity index is 2.11. The van der Waals surface area contributed by atoms with E-state index >= 15 is 0 Å². The number of hydrogen-bond acceptors (Lipinski definition) is 3. The highest BCUT2D eigenvalue weighted by molar-refractivity contribution is 14.1. The second-order valence-corrected chi connectivity index (χ2v) is 6.42. The molecule has 4 heteroatoms. The molecule has 3 nitrogen and oxygen atoms in total. The summed E-state index contributed by atoms with van der Waals surface area (Å²) in [5, 5.41) is 0. The topological polar surface area (TPSA) is 43.4 Å². The average Bonchev–Trinajstić information content (AvgIpc) is 2.44. The van der Waals surface area contributed by atoms with Crippen molar-refractivity contribution in [3.63, 3.8) is 0 Å². The van der Waals surface area contributed by atoms with Crippen LogP contribution in [0.25, 0.3) is 0 Å². The van der Waals surface area contributed by atoms with E-state index in [1.165, 1.54) is 0 Å². The van der Waals surface area contributed by atoms with Gasteiger partial charge in [0.25, 0.3) is 0 Å². The number of carbonyl (C=O) groups excluding carboxylic acids is 2. The van der Waals surface area contributed by atoms with Crippen molar-refractivity contribution in [1.82, 2.24) is 0 Å².